The fourth-order valence-corrected chi connectivity index (χ4v) is 1.47. The van der Waals surface area contributed by atoms with Crippen LogP contribution in [-0.4, -0.2) is 17.5 Å². The number of carbonyl (C=O) groups excluding carboxylic acids is 1. The van der Waals surface area contributed by atoms with Crippen LogP contribution in [0.5, 0.6) is 0 Å². The first-order chi connectivity index (χ1) is 6.08. The molecular weight excluding hydrogens is 214 g/mol. The quantitative estimate of drug-likeness (QED) is 0.516. The molecule has 1 N–H and O–H groups in total. The smallest absolute Gasteiger partial charge is 1.00 e. The Morgan fingerprint density at radius 2 is 1.93 bits per heavy atom. The monoisotopic (exact) mass is 224 g/mol. The molecule has 0 aliphatic heterocycles. The second-order valence-corrected chi connectivity index (χ2v) is 4.19. The third-order valence-electron chi connectivity index (χ3n) is 1.52. The number of benzene rings is 1. The predicted molar refractivity (Wildman–Crippen MR) is 48.7 cm³/mol. The Morgan fingerprint density at radius 3 is 2.36 bits per heavy atom. The van der Waals surface area contributed by atoms with E-state index in [0.29, 0.717) is 0 Å². The molecule has 1 aromatic rings. The zero-order valence-corrected chi connectivity index (χ0v) is 10.9. The molecule has 0 heterocycles. The minimum atomic E-state index is -4.13. The maximum absolute atomic E-state index is 11.3. The molecule has 0 saturated heterocycles. The van der Waals surface area contributed by atoms with Crippen molar-refractivity contribution in [3.8, 4) is 0 Å². The predicted octanol–water partition coefficient (Wildman–Crippen LogP) is -1.22. The SMILES string of the molecule is COP(=O)(O)C(=O)c1ccccc1.[H-].[Na+]. The molecule has 72 valence electrons. The van der Waals surface area contributed by atoms with Gasteiger partial charge in [0.25, 0.3) is 5.52 Å². The van der Waals surface area contributed by atoms with E-state index in [1.54, 1.807) is 18.2 Å². The molecule has 1 rings (SSSR count). The molecule has 1 aromatic carbocycles. The molecule has 6 heteroatoms. The van der Waals surface area contributed by atoms with Crippen molar-refractivity contribution in [1.29, 1.82) is 0 Å². The average Bonchev–Trinajstić information content (AvgIpc) is 2.18. The summed E-state index contributed by atoms with van der Waals surface area (Å²) >= 11 is 0. The van der Waals surface area contributed by atoms with Gasteiger partial charge < -0.3 is 10.8 Å². The van der Waals surface area contributed by atoms with Crippen LogP contribution in [0.3, 0.4) is 0 Å². The van der Waals surface area contributed by atoms with Gasteiger partial charge in [-0.25, -0.2) is 0 Å². The van der Waals surface area contributed by atoms with Crippen molar-refractivity contribution < 1.29 is 49.8 Å². The summed E-state index contributed by atoms with van der Waals surface area (Å²) in [5, 5.41) is 0. The zero-order chi connectivity index (χ0) is 9.90. The van der Waals surface area contributed by atoms with E-state index in [-0.39, 0.29) is 36.5 Å². The third-order valence-corrected chi connectivity index (χ3v) is 2.79. The van der Waals surface area contributed by atoms with Gasteiger partial charge in [0, 0.05) is 12.7 Å². The standard InChI is InChI=1S/C8H9O4P.Na.H/c1-12-13(10,11)8(9)7-5-3-2-4-6-7;;/h2-6H,1H3,(H,10,11);;/q;+1;-1. The van der Waals surface area contributed by atoms with Crippen molar-refractivity contribution in [2.75, 3.05) is 7.11 Å². The average molecular weight is 224 g/mol. The van der Waals surface area contributed by atoms with E-state index in [1.807, 2.05) is 0 Å². The van der Waals surface area contributed by atoms with Crippen molar-refractivity contribution in [1.82, 2.24) is 0 Å². The molecule has 4 nitrogen and oxygen atoms in total. The third kappa shape index (κ3) is 3.31. The second kappa shape index (κ2) is 5.81. The molecular formula is C8H10NaO4P. The van der Waals surface area contributed by atoms with E-state index < -0.39 is 13.1 Å². The van der Waals surface area contributed by atoms with Crippen LogP contribution in [0.15, 0.2) is 30.3 Å². The van der Waals surface area contributed by atoms with Gasteiger partial charge in [-0.3, -0.25) is 9.36 Å². The Balaban J connectivity index is 0. The van der Waals surface area contributed by atoms with Crippen LogP contribution < -0.4 is 29.6 Å². The van der Waals surface area contributed by atoms with Gasteiger partial charge in [0.15, 0.2) is 0 Å². The molecule has 1 unspecified atom stereocenters. The number of hydrogen-bond acceptors (Lipinski definition) is 3. The maximum Gasteiger partial charge on any atom is 1.00 e. The largest absolute Gasteiger partial charge is 1.00 e. The van der Waals surface area contributed by atoms with Crippen molar-refractivity contribution in [3.05, 3.63) is 35.9 Å². The summed E-state index contributed by atoms with van der Waals surface area (Å²) in [6.07, 6.45) is 0. The normalized spacial score (nSPS) is 13.9. The minimum Gasteiger partial charge on any atom is -1.00 e. The Morgan fingerprint density at radius 1 is 1.43 bits per heavy atom. The van der Waals surface area contributed by atoms with Gasteiger partial charge in [-0.2, -0.15) is 0 Å². The van der Waals surface area contributed by atoms with Gasteiger partial charge in [0.2, 0.25) is 0 Å². The van der Waals surface area contributed by atoms with Gasteiger partial charge in [-0.05, 0) is 0 Å². The van der Waals surface area contributed by atoms with Gasteiger partial charge in [-0.1, -0.05) is 30.3 Å². The van der Waals surface area contributed by atoms with E-state index in [4.69, 9.17) is 4.89 Å². The summed E-state index contributed by atoms with van der Waals surface area (Å²) < 4.78 is 15.3. The molecule has 0 aliphatic carbocycles. The van der Waals surface area contributed by atoms with Crippen LogP contribution in [0.2, 0.25) is 0 Å². The number of carbonyl (C=O) groups is 1. The molecule has 0 amide bonds. The topological polar surface area (TPSA) is 63.6 Å². The maximum atomic E-state index is 11.3. The Labute approximate surface area is 106 Å². The van der Waals surface area contributed by atoms with Crippen molar-refractivity contribution in [2.24, 2.45) is 0 Å². The first-order valence-electron chi connectivity index (χ1n) is 3.56. The van der Waals surface area contributed by atoms with Gasteiger partial charge >= 0.3 is 37.2 Å². The van der Waals surface area contributed by atoms with Gasteiger partial charge in [0.1, 0.15) is 0 Å². The van der Waals surface area contributed by atoms with Crippen LogP contribution in [-0.2, 0) is 9.09 Å². The van der Waals surface area contributed by atoms with E-state index in [1.165, 1.54) is 12.1 Å². The van der Waals surface area contributed by atoms with Crippen molar-refractivity contribution >= 4 is 13.1 Å². The van der Waals surface area contributed by atoms with Crippen LogP contribution in [0.25, 0.3) is 0 Å². The summed E-state index contributed by atoms with van der Waals surface area (Å²) in [7, 11) is -3.10. The summed E-state index contributed by atoms with van der Waals surface area (Å²) in [6, 6.07) is 7.87. The first-order valence-corrected chi connectivity index (χ1v) is 5.14. The summed E-state index contributed by atoms with van der Waals surface area (Å²) in [4.78, 5) is 20.3. The van der Waals surface area contributed by atoms with Crippen LogP contribution >= 0.6 is 7.60 Å². The Kier molecular flexibility index (Phi) is 5.83. The second-order valence-electron chi connectivity index (χ2n) is 2.37. The van der Waals surface area contributed by atoms with E-state index in [0.717, 1.165) is 7.11 Å². The molecule has 0 bridgehead atoms. The summed E-state index contributed by atoms with van der Waals surface area (Å²) in [5.74, 6) is 0. The summed E-state index contributed by atoms with van der Waals surface area (Å²) in [6.45, 7) is 0. The molecule has 0 aliphatic rings. The Hall–Kier alpha value is 0.0400. The Bertz CT molecular complexity index is 357. The van der Waals surface area contributed by atoms with E-state index in [9.17, 15) is 9.36 Å². The number of rotatable bonds is 3. The molecule has 1 atom stereocenters. The molecule has 14 heavy (non-hydrogen) atoms. The van der Waals surface area contributed by atoms with Crippen LogP contribution in [0.1, 0.15) is 11.8 Å². The fraction of sp³-hybridized carbons (Fsp3) is 0.125. The van der Waals surface area contributed by atoms with Gasteiger partial charge in [0.05, 0.1) is 0 Å². The van der Waals surface area contributed by atoms with Gasteiger partial charge in [-0.15, -0.1) is 0 Å². The molecule has 0 aromatic heterocycles. The number of hydrogen-bond donors (Lipinski definition) is 1. The van der Waals surface area contributed by atoms with Crippen molar-refractivity contribution in [3.63, 3.8) is 0 Å². The molecule has 0 saturated carbocycles. The van der Waals surface area contributed by atoms with E-state index >= 15 is 0 Å². The van der Waals surface area contributed by atoms with Crippen LogP contribution in [0, 0.1) is 0 Å². The molecule has 0 fully saturated rings. The zero-order valence-electron chi connectivity index (χ0n) is 9.01. The minimum absolute atomic E-state index is 0. The van der Waals surface area contributed by atoms with Crippen molar-refractivity contribution in [2.45, 2.75) is 0 Å². The van der Waals surface area contributed by atoms with E-state index in [2.05, 4.69) is 4.52 Å². The molecule has 0 radical (unpaired) electrons. The fourth-order valence-electron chi connectivity index (χ4n) is 0.827. The summed E-state index contributed by atoms with van der Waals surface area (Å²) in [5.41, 5.74) is -0.703. The van der Waals surface area contributed by atoms with Crippen LogP contribution in [0.4, 0.5) is 0 Å². The molecule has 0 spiro atoms. The first kappa shape index (κ1) is 14.0.